The Morgan fingerprint density at radius 3 is 2.50 bits per heavy atom. The summed E-state index contributed by atoms with van der Waals surface area (Å²) in [7, 11) is 0. The van der Waals surface area contributed by atoms with Crippen LogP contribution >= 0.6 is 0 Å². The zero-order valence-corrected chi connectivity index (χ0v) is 10.7. The maximum atomic E-state index is 11.6. The van der Waals surface area contributed by atoms with Crippen molar-refractivity contribution in [2.24, 2.45) is 0 Å². The van der Waals surface area contributed by atoms with Crippen molar-refractivity contribution < 1.29 is 14.3 Å². The van der Waals surface area contributed by atoms with Gasteiger partial charge in [0.1, 0.15) is 6.42 Å². The highest BCUT2D eigenvalue weighted by atomic mass is 16.5. The van der Waals surface area contributed by atoms with E-state index in [2.05, 4.69) is 10.6 Å². The van der Waals surface area contributed by atoms with Gasteiger partial charge in [-0.05, 0) is 25.7 Å². The molecular formula is C13H22N2O3. The second kappa shape index (κ2) is 6.73. The lowest BCUT2D eigenvalue weighted by Gasteiger charge is -2.13. The molecule has 1 aliphatic heterocycles. The molecule has 2 N–H and O–H groups in total. The van der Waals surface area contributed by atoms with Gasteiger partial charge in [-0.15, -0.1) is 0 Å². The zero-order chi connectivity index (χ0) is 12.8. The highest BCUT2D eigenvalue weighted by Gasteiger charge is 2.20. The van der Waals surface area contributed by atoms with Crippen molar-refractivity contribution in [1.82, 2.24) is 10.6 Å². The predicted octanol–water partition coefficient (Wildman–Crippen LogP) is 0.730. The number of ether oxygens (including phenoxy) is 1. The average molecular weight is 254 g/mol. The van der Waals surface area contributed by atoms with Crippen LogP contribution in [0.5, 0.6) is 0 Å². The van der Waals surface area contributed by atoms with E-state index in [1.54, 1.807) is 0 Å². The molecule has 1 saturated heterocycles. The van der Waals surface area contributed by atoms with Gasteiger partial charge in [-0.1, -0.05) is 12.8 Å². The lowest BCUT2D eigenvalue weighted by Crippen LogP contribution is -2.38. The molecule has 1 saturated carbocycles. The summed E-state index contributed by atoms with van der Waals surface area (Å²) in [6.07, 6.45) is 6.56. The SMILES string of the molecule is O=C(CC(=O)NC1CCCC1)NCC1CCCO1. The summed E-state index contributed by atoms with van der Waals surface area (Å²) in [5.74, 6) is -0.368. The zero-order valence-electron chi connectivity index (χ0n) is 10.7. The highest BCUT2D eigenvalue weighted by molar-refractivity contribution is 5.96. The van der Waals surface area contributed by atoms with E-state index in [0.717, 1.165) is 32.3 Å². The summed E-state index contributed by atoms with van der Waals surface area (Å²) in [4.78, 5) is 23.2. The van der Waals surface area contributed by atoms with Crippen molar-refractivity contribution in [2.45, 2.75) is 57.1 Å². The minimum absolute atomic E-state index is 0.0663. The van der Waals surface area contributed by atoms with Gasteiger partial charge < -0.3 is 15.4 Å². The maximum absolute atomic E-state index is 11.6. The van der Waals surface area contributed by atoms with Gasteiger partial charge in [0.05, 0.1) is 6.10 Å². The summed E-state index contributed by atoms with van der Waals surface area (Å²) in [5, 5.41) is 5.66. The molecule has 0 spiro atoms. The molecule has 0 aromatic heterocycles. The first-order valence-corrected chi connectivity index (χ1v) is 6.91. The molecular weight excluding hydrogens is 232 g/mol. The predicted molar refractivity (Wildman–Crippen MR) is 67.0 cm³/mol. The number of hydrogen-bond acceptors (Lipinski definition) is 3. The smallest absolute Gasteiger partial charge is 0.229 e. The molecule has 2 fully saturated rings. The average Bonchev–Trinajstić information content (AvgIpc) is 2.98. The fourth-order valence-electron chi connectivity index (χ4n) is 2.59. The molecule has 1 heterocycles. The van der Waals surface area contributed by atoms with Crippen LogP contribution < -0.4 is 10.6 Å². The molecule has 0 bridgehead atoms. The van der Waals surface area contributed by atoms with E-state index in [4.69, 9.17) is 4.74 Å². The minimum atomic E-state index is -0.207. The van der Waals surface area contributed by atoms with E-state index >= 15 is 0 Å². The van der Waals surface area contributed by atoms with Gasteiger partial charge >= 0.3 is 0 Å². The van der Waals surface area contributed by atoms with E-state index in [0.29, 0.717) is 6.54 Å². The Kier molecular flexibility index (Phi) is 4.99. The van der Waals surface area contributed by atoms with Gasteiger partial charge in [0.25, 0.3) is 0 Å². The van der Waals surface area contributed by atoms with Gasteiger partial charge in [-0.2, -0.15) is 0 Å². The first-order valence-electron chi connectivity index (χ1n) is 6.91. The van der Waals surface area contributed by atoms with E-state index in [9.17, 15) is 9.59 Å². The van der Waals surface area contributed by atoms with Gasteiger partial charge in [0, 0.05) is 19.2 Å². The van der Waals surface area contributed by atoms with Crippen LogP contribution in [0.1, 0.15) is 44.9 Å². The molecule has 5 nitrogen and oxygen atoms in total. The van der Waals surface area contributed by atoms with Gasteiger partial charge in [-0.3, -0.25) is 9.59 Å². The number of amides is 2. The van der Waals surface area contributed by atoms with Crippen molar-refractivity contribution in [3.63, 3.8) is 0 Å². The molecule has 2 amide bonds. The first-order chi connectivity index (χ1) is 8.74. The van der Waals surface area contributed by atoms with Crippen LogP contribution in [0.2, 0.25) is 0 Å². The molecule has 1 atom stereocenters. The van der Waals surface area contributed by atoms with Crippen LogP contribution in [0.25, 0.3) is 0 Å². The Labute approximate surface area is 108 Å². The summed E-state index contributed by atoms with van der Waals surface area (Å²) < 4.78 is 5.40. The fraction of sp³-hybridized carbons (Fsp3) is 0.846. The minimum Gasteiger partial charge on any atom is -0.376 e. The number of carbonyl (C=O) groups is 2. The second-order valence-electron chi connectivity index (χ2n) is 5.16. The topological polar surface area (TPSA) is 67.4 Å². The molecule has 1 unspecified atom stereocenters. The Balaban J connectivity index is 1.58. The standard InChI is InChI=1S/C13H22N2O3/c16-12(14-9-11-6-3-7-18-11)8-13(17)15-10-4-1-2-5-10/h10-11H,1-9H2,(H,14,16)(H,15,17). The van der Waals surface area contributed by atoms with E-state index < -0.39 is 0 Å². The van der Waals surface area contributed by atoms with Crippen molar-refractivity contribution in [1.29, 1.82) is 0 Å². The third-order valence-electron chi connectivity index (χ3n) is 3.59. The summed E-state index contributed by atoms with van der Waals surface area (Å²) in [6.45, 7) is 1.30. The Bertz CT molecular complexity index is 295. The van der Waals surface area contributed by atoms with Crippen LogP contribution in [-0.2, 0) is 14.3 Å². The number of hydrogen-bond donors (Lipinski definition) is 2. The summed E-state index contributed by atoms with van der Waals surface area (Å²) in [5.41, 5.74) is 0. The quantitative estimate of drug-likeness (QED) is 0.711. The van der Waals surface area contributed by atoms with Crippen LogP contribution in [0.3, 0.4) is 0 Å². The molecule has 102 valence electrons. The third kappa shape index (κ3) is 4.29. The second-order valence-corrected chi connectivity index (χ2v) is 5.16. The molecule has 2 rings (SSSR count). The normalized spacial score (nSPS) is 24.1. The third-order valence-corrected chi connectivity index (χ3v) is 3.59. The van der Waals surface area contributed by atoms with E-state index in [-0.39, 0.29) is 30.4 Å². The van der Waals surface area contributed by atoms with Crippen molar-refractivity contribution in [3.8, 4) is 0 Å². The molecule has 0 aromatic carbocycles. The van der Waals surface area contributed by atoms with Crippen molar-refractivity contribution in [3.05, 3.63) is 0 Å². The van der Waals surface area contributed by atoms with Crippen LogP contribution in [0.15, 0.2) is 0 Å². The highest BCUT2D eigenvalue weighted by Crippen LogP contribution is 2.17. The molecule has 2 aliphatic rings. The molecule has 1 aliphatic carbocycles. The van der Waals surface area contributed by atoms with E-state index in [1.807, 2.05) is 0 Å². The lowest BCUT2D eigenvalue weighted by atomic mass is 10.2. The maximum Gasteiger partial charge on any atom is 0.229 e. The molecule has 0 radical (unpaired) electrons. The summed E-state index contributed by atoms with van der Waals surface area (Å²) in [6, 6.07) is 0.281. The Hall–Kier alpha value is -1.10. The number of nitrogens with one attached hydrogen (secondary N) is 2. The number of rotatable bonds is 5. The number of carbonyl (C=O) groups excluding carboxylic acids is 2. The van der Waals surface area contributed by atoms with Crippen LogP contribution in [0, 0.1) is 0 Å². The van der Waals surface area contributed by atoms with Crippen molar-refractivity contribution in [2.75, 3.05) is 13.2 Å². The van der Waals surface area contributed by atoms with Crippen LogP contribution in [0.4, 0.5) is 0 Å². The Morgan fingerprint density at radius 1 is 1.06 bits per heavy atom. The molecule has 5 heteroatoms. The Morgan fingerprint density at radius 2 is 1.83 bits per heavy atom. The van der Waals surface area contributed by atoms with Gasteiger partial charge in [0.2, 0.25) is 11.8 Å². The molecule has 0 aromatic rings. The van der Waals surface area contributed by atoms with E-state index in [1.165, 1.54) is 12.8 Å². The lowest BCUT2D eigenvalue weighted by molar-refractivity contribution is -0.129. The fourth-order valence-corrected chi connectivity index (χ4v) is 2.59. The monoisotopic (exact) mass is 254 g/mol. The largest absolute Gasteiger partial charge is 0.376 e. The first kappa shape index (κ1) is 13.3. The van der Waals surface area contributed by atoms with Gasteiger partial charge in [-0.25, -0.2) is 0 Å². The van der Waals surface area contributed by atoms with Crippen LogP contribution in [-0.4, -0.2) is 37.1 Å². The summed E-state index contributed by atoms with van der Waals surface area (Å²) >= 11 is 0. The van der Waals surface area contributed by atoms with Crippen molar-refractivity contribution >= 4 is 11.8 Å². The molecule has 18 heavy (non-hydrogen) atoms. The van der Waals surface area contributed by atoms with Gasteiger partial charge in [0.15, 0.2) is 0 Å².